The van der Waals surface area contributed by atoms with E-state index in [1.807, 2.05) is 12.4 Å². The molecule has 1 aromatic heterocycles. The predicted octanol–water partition coefficient (Wildman–Crippen LogP) is 1.73. The van der Waals surface area contributed by atoms with Crippen LogP contribution in [0.3, 0.4) is 0 Å². The summed E-state index contributed by atoms with van der Waals surface area (Å²) >= 11 is 0. The summed E-state index contributed by atoms with van der Waals surface area (Å²) in [6.07, 6.45) is 6.38. The Balaban J connectivity index is 1.77. The van der Waals surface area contributed by atoms with E-state index >= 15 is 0 Å². The maximum atomic E-state index is 4.04. The van der Waals surface area contributed by atoms with Gasteiger partial charge < -0.3 is 10.6 Å². The van der Waals surface area contributed by atoms with Crippen molar-refractivity contribution in [3.8, 4) is 0 Å². The summed E-state index contributed by atoms with van der Waals surface area (Å²) in [5, 5.41) is 7.05. The highest BCUT2D eigenvalue weighted by atomic mass is 14.9. The van der Waals surface area contributed by atoms with Crippen molar-refractivity contribution in [2.45, 2.75) is 25.8 Å². The third kappa shape index (κ3) is 3.29. The van der Waals surface area contributed by atoms with Gasteiger partial charge in [0.1, 0.15) is 0 Å². The van der Waals surface area contributed by atoms with Crippen LogP contribution in [0.2, 0.25) is 0 Å². The van der Waals surface area contributed by atoms with Crippen LogP contribution in [0.1, 0.15) is 31.4 Å². The van der Waals surface area contributed by atoms with E-state index in [2.05, 4.69) is 34.7 Å². The highest BCUT2D eigenvalue weighted by molar-refractivity contribution is 5.13. The Kier molecular flexibility index (Phi) is 4.31. The lowest BCUT2D eigenvalue weighted by atomic mass is 9.99. The van der Waals surface area contributed by atoms with Gasteiger partial charge in [-0.1, -0.05) is 0 Å². The number of piperidine rings is 1. The fraction of sp³-hybridized carbons (Fsp3) is 0.615. The molecule has 3 nitrogen and oxygen atoms in total. The number of pyridine rings is 1. The molecule has 0 radical (unpaired) electrons. The summed E-state index contributed by atoms with van der Waals surface area (Å²) < 4.78 is 0. The smallest absolute Gasteiger partial charge is 0.0293 e. The van der Waals surface area contributed by atoms with Crippen molar-refractivity contribution in [1.82, 2.24) is 15.6 Å². The van der Waals surface area contributed by atoms with E-state index in [0.717, 1.165) is 19.0 Å². The monoisotopic (exact) mass is 219 g/mol. The summed E-state index contributed by atoms with van der Waals surface area (Å²) in [5.74, 6) is 0.790. The van der Waals surface area contributed by atoms with Gasteiger partial charge in [0.05, 0.1) is 0 Å². The molecule has 2 heterocycles. The van der Waals surface area contributed by atoms with Crippen LogP contribution in [-0.4, -0.2) is 24.6 Å². The fourth-order valence-electron chi connectivity index (χ4n) is 2.21. The molecule has 1 saturated heterocycles. The maximum Gasteiger partial charge on any atom is 0.0293 e. The van der Waals surface area contributed by atoms with E-state index < -0.39 is 0 Å². The first-order valence-corrected chi connectivity index (χ1v) is 6.20. The number of nitrogens with one attached hydrogen (secondary N) is 2. The molecule has 2 N–H and O–H groups in total. The molecule has 0 amide bonds. The third-order valence-corrected chi connectivity index (χ3v) is 3.32. The zero-order valence-corrected chi connectivity index (χ0v) is 9.95. The molecular weight excluding hydrogens is 198 g/mol. The Hall–Kier alpha value is -0.930. The minimum atomic E-state index is 0.421. The zero-order valence-electron chi connectivity index (χ0n) is 9.95. The average molecular weight is 219 g/mol. The van der Waals surface area contributed by atoms with E-state index in [0.29, 0.717) is 6.04 Å². The van der Waals surface area contributed by atoms with Crippen molar-refractivity contribution in [1.29, 1.82) is 0 Å². The summed E-state index contributed by atoms with van der Waals surface area (Å²) in [7, 11) is 0. The first kappa shape index (κ1) is 11.6. The first-order valence-electron chi connectivity index (χ1n) is 6.20. The number of hydrogen-bond donors (Lipinski definition) is 2. The quantitative estimate of drug-likeness (QED) is 0.810. The Morgan fingerprint density at radius 3 is 3.00 bits per heavy atom. The van der Waals surface area contributed by atoms with Gasteiger partial charge in [-0.05, 0) is 63.0 Å². The minimum absolute atomic E-state index is 0.421. The molecule has 0 spiro atoms. The molecule has 2 atom stereocenters. The van der Waals surface area contributed by atoms with Gasteiger partial charge in [0.2, 0.25) is 0 Å². The molecule has 2 rings (SSSR count). The van der Waals surface area contributed by atoms with E-state index in [1.165, 1.54) is 24.9 Å². The van der Waals surface area contributed by atoms with Crippen LogP contribution < -0.4 is 10.6 Å². The zero-order chi connectivity index (χ0) is 11.2. The van der Waals surface area contributed by atoms with Gasteiger partial charge >= 0.3 is 0 Å². The van der Waals surface area contributed by atoms with E-state index in [1.54, 1.807) is 0 Å². The van der Waals surface area contributed by atoms with Crippen LogP contribution in [0.4, 0.5) is 0 Å². The van der Waals surface area contributed by atoms with Crippen LogP contribution in [0.25, 0.3) is 0 Å². The largest absolute Gasteiger partial charge is 0.316 e. The number of aromatic nitrogens is 1. The van der Waals surface area contributed by atoms with Gasteiger partial charge in [-0.2, -0.15) is 0 Å². The molecule has 88 valence electrons. The lowest BCUT2D eigenvalue weighted by molar-refractivity contribution is 0.348. The molecule has 0 saturated carbocycles. The second-order valence-electron chi connectivity index (χ2n) is 4.62. The molecule has 1 aliphatic heterocycles. The van der Waals surface area contributed by atoms with Crippen LogP contribution in [0.15, 0.2) is 24.5 Å². The molecule has 1 unspecified atom stereocenters. The highest BCUT2D eigenvalue weighted by Gasteiger charge is 2.13. The van der Waals surface area contributed by atoms with Gasteiger partial charge in [0.25, 0.3) is 0 Å². The summed E-state index contributed by atoms with van der Waals surface area (Å²) in [6, 6.07) is 4.58. The SMILES string of the molecule is C[C@@H](NCC1CCCNC1)c1ccncc1. The molecule has 16 heavy (non-hydrogen) atoms. The Morgan fingerprint density at radius 1 is 1.50 bits per heavy atom. The van der Waals surface area contributed by atoms with Gasteiger partial charge in [0, 0.05) is 18.4 Å². The van der Waals surface area contributed by atoms with E-state index in [9.17, 15) is 0 Å². The molecule has 3 heteroatoms. The van der Waals surface area contributed by atoms with Crippen molar-refractivity contribution in [3.05, 3.63) is 30.1 Å². The van der Waals surface area contributed by atoms with Gasteiger partial charge in [-0.25, -0.2) is 0 Å². The Bertz CT molecular complexity index is 293. The molecule has 0 aromatic carbocycles. The molecule has 1 aliphatic rings. The van der Waals surface area contributed by atoms with Gasteiger partial charge in [-0.15, -0.1) is 0 Å². The van der Waals surface area contributed by atoms with Crippen LogP contribution in [-0.2, 0) is 0 Å². The Labute approximate surface area is 97.7 Å². The van der Waals surface area contributed by atoms with Gasteiger partial charge in [0.15, 0.2) is 0 Å². The summed E-state index contributed by atoms with van der Waals surface area (Å²) in [4.78, 5) is 4.04. The molecular formula is C13H21N3. The molecule has 1 aromatic rings. The molecule has 0 aliphatic carbocycles. The second-order valence-corrected chi connectivity index (χ2v) is 4.62. The van der Waals surface area contributed by atoms with Crippen LogP contribution >= 0.6 is 0 Å². The molecule has 0 bridgehead atoms. The second kappa shape index (κ2) is 5.97. The van der Waals surface area contributed by atoms with E-state index in [-0.39, 0.29) is 0 Å². The number of rotatable bonds is 4. The van der Waals surface area contributed by atoms with Crippen molar-refractivity contribution < 1.29 is 0 Å². The normalized spacial score (nSPS) is 22.9. The van der Waals surface area contributed by atoms with Crippen LogP contribution in [0, 0.1) is 5.92 Å². The first-order chi connectivity index (χ1) is 7.86. The highest BCUT2D eigenvalue weighted by Crippen LogP contribution is 2.13. The predicted molar refractivity (Wildman–Crippen MR) is 66.2 cm³/mol. The van der Waals surface area contributed by atoms with Crippen molar-refractivity contribution in [2.75, 3.05) is 19.6 Å². The van der Waals surface area contributed by atoms with Crippen molar-refractivity contribution in [3.63, 3.8) is 0 Å². The third-order valence-electron chi connectivity index (χ3n) is 3.32. The lowest BCUT2D eigenvalue weighted by Crippen LogP contribution is -2.36. The maximum absolute atomic E-state index is 4.04. The van der Waals surface area contributed by atoms with Gasteiger partial charge in [-0.3, -0.25) is 4.98 Å². The standard InChI is InChI=1S/C13H21N3/c1-11(13-4-7-14-8-5-13)16-10-12-3-2-6-15-9-12/h4-5,7-8,11-12,15-16H,2-3,6,9-10H2,1H3/t11-,12?/m1/s1. The number of nitrogens with zero attached hydrogens (tertiary/aromatic N) is 1. The number of hydrogen-bond acceptors (Lipinski definition) is 3. The topological polar surface area (TPSA) is 37.0 Å². The fourth-order valence-corrected chi connectivity index (χ4v) is 2.21. The van der Waals surface area contributed by atoms with Crippen LogP contribution in [0.5, 0.6) is 0 Å². The Morgan fingerprint density at radius 2 is 2.31 bits per heavy atom. The average Bonchev–Trinajstić information content (AvgIpc) is 2.38. The van der Waals surface area contributed by atoms with Crippen molar-refractivity contribution >= 4 is 0 Å². The summed E-state index contributed by atoms with van der Waals surface area (Å²) in [6.45, 7) is 5.68. The molecule has 1 fully saturated rings. The van der Waals surface area contributed by atoms with E-state index in [4.69, 9.17) is 0 Å². The minimum Gasteiger partial charge on any atom is -0.316 e. The summed E-state index contributed by atoms with van der Waals surface area (Å²) in [5.41, 5.74) is 1.32. The lowest BCUT2D eigenvalue weighted by Gasteiger charge is -2.25. The van der Waals surface area contributed by atoms with Crippen molar-refractivity contribution in [2.24, 2.45) is 5.92 Å².